The van der Waals surface area contributed by atoms with Gasteiger partial charge in [-0.3, -0.25) is 0 Å². The van der Waals surface area contributed by atoms with E-state index in [2.05, 4.69) is 5.16 Å². The van der Waals surface area contributed by atoms with Gasteiger partial charge in [0.2, 0.25) is 10.0 Å². The zero-order valence-corrected chi connectivity index (χ0v) is 18.9. The Morgan fingerprint density at radius 2 is 1.35 bits per heavy atom. The average molecular weight is 482 g/mol. The van der Waals surface area contributed by atoms with Crippen LogP contribution in [0.25, 0.3) is 0 Å². The Morgan fingerprint density at radius 3 is 1.82 bits per heavy atom. The third kappa shape index (κ3) is 5.30. The van der Waals surface area contributed by atoms with E-state index in [9.17, 15) is 17.2 Å². The summed E-state index contributed by atoms with van der Waals surface area (Å²) in [4.78, 5) is 5.94. The molecule has 0 aromatic heterocycles. The summed E-state index contributed by atoms with van der Waals surface area (Å²) in [5, 5.41) is 13.2. The van der Waals surface area contributed by atoms with E-state index in [1.165, 1.54) is 52.8 Å². The number of sulfonamides is 1. The second kappa shape index (κ2) is 10.1. The van der Waals surface area contributed by atoms with E-state index in [-0.39, 0.29) is 29.6 Å². The Kier molecular flexibility index (Phi) is 7.01. The fourth-order valence-electron chi connectivity index (χ4n) is 3.64. The molecule has 0 unspecified atom stereocenters. The van der Waals surface area contributed by atoms with Gasteiger partial charge in [-0.2, -0.15) is 9.57 Å². The zero-order valence-electron chi connectivity index (χ0n) is 18.1. The quantitative estimate of drug-likeness (QED) is 0.475. The van der Waals surface area contributed by atoms with Gasteiger partial charge in [0.05, 0.1) is 22.2 Å². The molecule has 0 spiro atoms. The first-order chi connectivity index (χ1) is 16.4. The molecule has 9 heteroatoms. The van der Waals surface area contributed by atoms with Crippen LogP contribution in [-0.2, 0) is 14.9 Å². The highest BCUT2D eigenvalue weighted by atomic mass is 32.2. The lowest BCUT2D eigenvalue weighted by molar-refractivity contribution is 0.0855. The third-order valence-corrected chi connectivity index (χ3v) is 7.47. The van der Waals surface area contributed by atoms with E-state index < -0.39 is 16.1 Å². The van der Waals surface area contributed by atoms with Crippen molar-refractivity contribution in [2.45, 2.75) is 23.8 Å². The number of oxime groups is 1. The van der Waals surface area contributed by atoms with Crippen LogP contribution in [0.4, 0.5) is 8.78 Å². The summed E-state index contributed by atoms with van der Waals surface area (Å²) in [5.41, 5.74) is 2.39. The highest BCUT2D eigenvalue weighted by Crippen LogP contribution is 2.28. The number of nitriles is 1. The maximum atomic E-state index is 13.4. The minimum atomic E-state index is -3.68. The van der Waals surface area contributed by atoms with Gasteiger partial charge in [0.25, 0.3) is 0 Å². The summed E-state index contributed by atoms with van der Waals surface area (Å²) in [5.74, 6) is -0.771. The second-order valence-electron chi connectivity index (χ2n) is 7.79. The molecular weight excluding hydrogens is 460 g/mol. The first kappa shape index (κ1) is 23.5. The van der Waals surface area contributed by atoms with E-state index >= 15 is 0 Å². The Morgan fingerprint density at radius 1 is 0.853 bits per heavy atom. The molecule has 3 aromatic carbocycles. The van der Waals surface area contributed by atoms with Gasteiger partial charge in [-0.1, -0.05) is 29.4 Å². The molecule has 1 aliphatic rings. The number of halogens is 2. The van der Waals surface area contributed by atoms with E-state index in [0.29, 0.717) is 35.2 Å². The van der Waals surface area contributed by atoms with Crippen LogP contribution in [0, 0.1) is 23.0 Å². The topological polar surface area (TPSA) is 82.8 Å². The highest BCUT2D eigenvalue weighted by molar-refractivity contribution is 7.89. The van der Waals surface area contributed by atoms with Gasteiger partial charge in [-0.15, -0.1) is 0 Å². The lowest BCUT2D eigenvalue weighted by Crippen LogP contribution is -2.38. The second-order valence-corrected chi connectivity index (χ2v) is 9.72. The molecule has 174 valence electrons. The van der Waals surface area contributed by atoms with Gasteiger partial charge in [0.1, 0.15) is 11.6 Å². The maximum Gasteiger partial charge on any atom is 0.243 e. The number of benzene rings is 3. The van der Waals surface area contributed by atoms with E-state index in [0.717, 1.165) is 0 Å². The van der Waals surface area contributed by atoms with Crippen LogP contribution < -0.4 is 0 Å². The highest BCUT2D eigenvalue weighted by Gasteiger charge is 2.28. The SMILES string of the molecule is N#Cc1ccc(S(=O)(=O)N2CCC(=NOC(c3ccc(F)cc3)c3ccc(F)cc3)CC2)cc1. The minimum absolute atomic E-state index is 0.135. The van der Waals surface area contributed by atoms with Crippen LogP contribution >= 0.6 is 0 Å². The summed E-state index contributed by atoms with van der Waals surface area (Å²) >= 11 is 0. The molecule has 1 fully saturated rings. The fourth-order valence-corrected chi connectivity index (χ4v) is 5.08. The smallest absolute Gasteiger partial charge is 0.243 e. The summed E-state index contributed by atoms with van der Waals surface area (Å²) in [6, 6.07) is 19.3. The van der Waals surface area contributed by atoms with Crippen LogP contribution in [0.1, 0.15) is 35.6 Å². The van der Waals surface area contributed by atoms with Crippen LogP contribution in [0.5, 0.6) is 0 Å². The molecule has 4 rings (SSSR count). The Bertz CT molecular complexity index is 1260. The monoisotopic (exact) mass is 481 g/mol. The number of piperidine rings is 1. The molecule has 0 radical (unpaired) electrons. The summed E-state index contributed by atoms with van der Waals surface area (Å²) in [6.45, 7) is 0.477. The van der Waals surface area contributed by atoms with E-state index in [1.54, 1.807) is 24.3 Å². The van der Waals surface area contributed by atoms with Gasteiger partial charge >= 0.3 is 0 Å². The van der Waals surface area contributed by atoms with Crippen molar-refractivity contribution in [3.05, 3.63) is 101 Å². The predicted octanol–water partition coefficient (Wildman–Crippen LogP) is 4.78. The Labute approximate surface area is 196 Å². The molecule has 6 nitrogen and oxygen atoms in total. The van der Waals surface area contributed by atoms with Gasteiger partial charge in [0.15, 0.2) is 6.10 Å². The minimum Gasteiger partial charge on any atom is -0.383 e. The van der Waals surface area contributed by atoms with Crippen molar-refractivity contribution >= 4 is 15.7 Å². The number of hydrogen-bond acceptors (Lipinski definition) is 5. The Hall–Kier alpha value is -3.61. The summed E-state index contributed by atoms with van der Waals surface area (Å²) in [7, 11) is -3.68. The summed E-state index contributed by atoms with van der Waals surface area (Å²) in [6.07, 6.45) is 0.0959. The molecule has 3 aromatic rings. The lowest BCUT2D eigenvalue weighted by Gasteiger charge is -2.27. The van der Waals surface area contributed by atoms with Crippen molar-refractivity contribution in [2.24, 2.45) is 5.16 Å². The summed E-state index contributed by atoms with van der Waals surface area (Å²) < 4.78 is 53.9. The molecule has 0 N–H and O–H groups in total. The van der Waals surface area contributed by atoms with Crippen LogP contribution in [0.15, 0.2) is 82.8 Å². The van der Waals surface area contributed by atoms with Gasteiger partial charge in [-0.05, 0) is 59.7 Å². The first-order valence-electron chi connectivity index (χ1n) is 10.6. The van der Waals surface area contributed by atoms with Crippen LogP contribution in [0.2, 0.25) is 0 Å². The molecule has 1 saturated heterocycles. The standard InChI is InChI=1S/C25H21F2N3O3S/c26-21-7-3-19(4-8-21)25(20-5-9-22(27)10-6-20)33-29-23-13-15-30(16-14-23)34(31,32)24-11-1-18(17-28)2-12-24/h1-12,25H,13-16H2. The molecule has 34 heavy (non-hydrogen) atoms. The lowest BCUT2D eigenvalue weighted by atomic mass is 10.0. The Balaban J connectivity index is 1.47. The molecule has 0 saturated carbocycles. The zero-order chi connectivity index (χ0) is 24.1. The molecule has 0 atom stereocenters. The van der Waals surface area contributed by atoms with Crippen molar-refractivity contribution in [1.82, 2.24) is 4.31 Å². The molecule has 0 amide bonds. The van der Waals surface area contributed by atoms with Crippen molar-refractivity contribution < 1.29 is 22.0 Å². The molecule has 1 heterocycles. The average Bonchev–Trinajstić information content (AvgIpc) is 2.86. The molecule has 0 bridgehead atoms. The first-order valence-corrected chi connectivity index (χ1v) is 12.0. The normalized spacial score (nSPS) is 14.6. The van der Waals surface area contributed by atoms with Gasteiger partial charge < -0.3 is 4.84 Å². The number of nitrogens with zero attached hydrogens (tertiary/aromatic N) is 3. The number of rotatable bonds is 6. The molecule has 1 aliphatic heterocycles. The predicted molar refractivity (Wildman–Crippen MR) is 122 cm³/mol. The van der Waals surface area contributed by atoms with E-state index in [1.807, 2.05) is 6.07 Å². The van der Waals surface area contributed by atoms with Gasteiger partial charge in [0, 0.05) is 25.9 Å². The van der Waals surface area contributed by atoms with Gasteiger partial charge in [-0.25, -0.2) is 17.2 Å². The van der Waals surface area contributed by atoms with Crippen molar-refractivity contribution in [3.63, 3.8) is 0 Å². The van der Waals surface area contributed by atoms with E-state index in [4.69, 9.17) is 10.1 Å². The maximum absolute atomic E-state index is 13.4. The van der Waals surface area contributed by atoms with Crippen molar-refractivity contribution in [2.75, 3.05) is 13.1 Å². The van der Waals surface area contributed by atoms with Crippen molar-refractivity contribution in [1.29, 1.82) is 5.26 Å². The molecular formula is C25H21F2N3O3S. The van der Waals surface area contributed by atoms with Crippen LogP contribution in [0.3, 0.4) is 0 Å². The van der Waals surface area contributed by atoms with Crippen LogP contribution in [-0.4, -0.2) is 31.5 Å². The third-order valence-electron chi connectivity index (χ3n) is 5.55. The fraction of sp³-hybridized carbons (Fsp3) is 0.200. The largest absolute Gasteiger partial charge is 0.383 e. The number of hydrogen-bond donors (Lipinski definition) is 0. The molecule has 0 aliphatic carbocycles. The van der Waals surface area contributed by atoms with Crippen molar-refractivity contribution in [3.8, 4) is 6.07 Å².